The summed E-state index contributed by atoms with van der Waals surface area (Å²) in [6.07, 6.45) is 0. The molecule has 0 amide bonds. The van der Waals surface area contributed by atoms with Crippen LogP contribution in [0.5, 0.6) is 5.75 Å². The normalized spacial score (nSPS) is 10.1. The summed E-state index contributed by atoms with van der Waals surface area (Å²) >= 11 is 0. The van der Waals surface area contributed by atoms with Gasteiger partial charge in [-0.1, -0.05) is 72.8 Å². The van der Waals surface area contributed by atoms with Crippen molar-refractivity contribution in [2.45, 2.75) is 0 Å². The smallest absolute Gasteiger partial charge is 0.141 e. The summed E-state index contributed by atoms with van der Waals surface area (Å²) in [7, 11) is 0. The number of hydrogen-bond donors (Lipinski definition) is 1. The Labute approximate surface area is 124 Å². The minimum Gasteiger partial charge on any atom is -0.506 e. The summed E-state index contributed by atoms with van der Waals surface area (Å²) in [5.41, 5.74) is 3.46. The highest BCUT2D eigenvalue weighted by Gasteiger charge is 2.08. The molecule has 0 atom stereocenters. The van der Waals surface area contributed by atoms with Crippen LogP contribution < -0.4 is 0 Å². The number of benzene rings is 3. The van der Waals surface area contributed by atoms with Gasteiger partial charge in [0.25, 0.3) is 0 Å². The SMILES string of the molecule is Oc1ccccc1N=C(c1ccccc1)c1ccccc1. The fourth-order valence-electron chi connectivity index (χ4n) is 2.17. The number of aliphatic imine (C=N–C) groups is 1. The lowest BCUT2D eigenvalue weighted by molar-refractivity contribution is 0.477. The molecule has 3 aromatic rings. The van der Waals surface area contributed by atoms with Crippen LogP contribution in [0.1, 0.15) is 11.1 Å². The van der Waals surface area contributed by atoms with E-state index in [2.05, 4.69) is 4.99 Å². The molecule has 0 saturated carbocycles. The second-order valence-corrected chi connectivity index (χ2v) is 4.68. The van der Waals surface area contributed by atoms with Gasteiger partial charge in [0, 0.05) is 11.1 Å². The van der Waals surface area contributed by atoms with Crippen LogP contribution in [-0.4, -0.2) is 10.8 Å². The zero-order chi connectivity index (χ0) is 14.5. The van der Waals surface area contributed by atoms with E-state index < -0.39 is 0 Å². The average molecular weight is 273 g/mol. The Morgan fingerprint density at radius 2 is 1.10 bits per heavy atom. The van der Waals surface area contributed by atoms with Gasteiger partial charge in [-0.3, -0.25) is 0 Å². The number of aromatic hydroxyl groups is 1. The van der Waals surface area contributed by atoms with Gasteiger partial charge < -0.3 is 5.11 Å². The van der Waals surface area contributed by atoms with E-state index in [1.807, 2.05) is 66.7 Å². The van der Waals surface area contributed by atoms with Crippen LogP contribution >= 0.6 is 0 Å². The molecule has 0 spiro atoms. The fourth-order valence-corrected chi connectivity index (χ4v) is 2.17. The lowest BCUT2D eigenvalue weighted by atomic mass is 10.0. The van der Waals surface area contributed by atoms with Gasteiger partial charge in [-0.25, -0.2) is 4.99 Å². The molecule has 0 aliphatic carbocycles. The molecular formula is C19H15NO. The van der Waals surface area contributed by atoms with E-state index >= 15 is 0 Å². The van der Waals surface area contributed by atoms with Crippen molar-refractivity contribution in [3.63, 3.8) is 0 Å². The van der Waals surface area contributed by atoms with E-state index in [1.165, 1.54) is 0 Å². The van der Waals surface area contributed by atoms with E-state index in [0.717, 1.165) is 16.8 Å². The van der Waals surface area contributed by atoms with Gasteiger partial charge >= 0.3 is 0 Å². The summed E-state index contributed by atoms with van der Waals surface area (Å²) < 4.78 is 0. The number of phenolic OH excluding ortho intramolecular Hbond substituents is 1. The first-order chi connectivity index (χ1) is 10.3. The molecule has 0 unspecified atom stereocenters. The van der Waals surface area contributed by atoms with Crippen molar-refractivity contribution in [1.82, 2.24) is 0 Å². The minimum atomic E-state index is 0.182. The third-order valence-corrected chi connectivity index (χ3v) is 3.21. The monoisotopic (exact) mass is 273 g/mol. The molecule has 0 aliphatic rings. The molecule has 0 saturated heterocycles. The quantitative estimate of drug-likeness (QED) is 0.697. The third kappa shape index (κ3) is 3.00. The van der Waals surface area contributed by atoms with Gasteiger partial charge in [-0.05, 0) is 12.1 Å². The first-order valence-electron chi connectivity index (χ1n) is 6.82. The number of hydrogen-bond acceptors (Lipinski definition) is 2. The molecule has 0 heterocycles. The van der Waals surface area contributed by atoms with Crippen molar-refractivity contribution in [2.24, 2.45) is 4.99 Å². The van der Waals surface area contributed by atoms with Crippen LogP contribution in [0.4, 0.5) is 5.69 Å². The molecule has 102 valence electrons. The molecule has 0 fully saturated rings. The summed E-state index contributed by atoms with van der Waals surface area (Å²) in [6, 6.07) is 27.1. The van der Waals surface area contributed by atoms with Crippen LogP contribution in [0.25, 0.3) is 0 Å². The van der Waals surface area contributed by atoms with Crippen molar-refractivity contribution in [1.29, 1.82) is 0 Å². The molecule has 21 heavy (non-hydrogen) atoms. The second kappa shape index (κ2) is 6.06. The standard InChI is InChI=1S/C19H15NO/c21-18-14-8-7-13-17(18)20-19(15-9-3-1-4-10-15)16-11-5-2-6-12-16/h1-14,21H. The first kappa shape index (κ1) is 13.1. The zero-order valence-electron chi connectivity index (χ0n) is 11.5. The molecule has 0 bridgehead atoms. The Hall–Kier alpha value is -2.87. The zero-order valence-corrected chi connectivity index (χ0v) is 11.5. The maximum atomic E-state index is 9.95. The molecule has 0 aromatic heterocycles. The minimum absolute atomic E-state index is 0.182. The maximum Gasteiger partial charge on any atom is 0.141 e. The summed E-state index contributed by atoms with van der Waals surface area (Å²) in [4.78, 5) is 4.67. The highest BCUT2D eigenvalue weighted by atomic mass is 16.3. The van der Waals surface area contributed by atoms with Crippen LogP contribution in [0.15, 0.2) is 89.9 Å². The van der Waals surface area contributed by atoms with Gasteiger partial charge in [0.1, 0.15) is 11.4 Å². The van der Waals surface area contributed by atoms with Crippen molar-refractivity contribution >= 4 is 11.4 Å². The van der Waals surface area contributed by atoms with Crippen molar-refractivity contribution < 1.29 is 5.11 Å². The largest absolute Gasteiger partial charge is 0.506 e. The Bertz CT molecular complexity index is 707. The van der Waals surface area contributed by atoms with Crippen LogP contribution in [0.3, 0.4) is 0 Å². The predicted octanol–water partition coefficient (Wildman–Crippen LogP) is 4.56. The summed E-state index contributed by atoms with van der Waals surface area (Å²) in [6.45, 7) is 0. The van der Waals surface area contributed by atoms with Gasteiger partial charge in [-0.2, -0.15) is 0 Å². The number of phenols is 1. The lowest BCUT2D eigenvalue weighted by Gasteiger charge is -2.08. The molecule has 3 aromatic carbocycles. The van der Waals surface area contributed by atoms with Crippen LogP contribution in [0, 0.1) is 0 Å². The highest BCUT2D eigenvalue weighted by Crippen LogP contribution is 2.27. The summed E-state index contributed by atoms with van der Waals surface area (Å²) in [5.74, 6) is 0.182. The predicted molar refractivity (Wildman–Crippen MR) is 86.3 cm³/mol. The lowest BCUT2D eigenvalue weighted by Crippen LogP contribution is -2.02. The fraction of sp³-hybridized carbons (Fsp3) is 0. The van der Waals surface area contributed by atoms with E-state index in [-0.39, 0.29) is 5.75 Å². The molecular weight excluding hydrogens is 258 g/mol. The number of para-hydroxylation sites is 2. The van der Waals surface area contributed by atoms with E-state index in [4.69, 9.17) is 0 Å². The number of rotatable bonds is 3. The Balaban J connectivity index is 2.16. The van der Waals surface area contributed by atoms with Crippen molar-refractivity contribution in [3.05, 3.63) is 96.1 Å². The van der Waals surface area contributed by atoms with Gasteiger partial charge in [-0.15, -0.1) is 0 Å². The maximum absolute atomic E-state index is 9.95. The molecule has 0 aliphatic heterocycles. The third-order valence-electron chi connectivity index (χ3n) is 3.21. The molecule has 0 radical (unpaired) electrons. The Kier molecular flexibility index (Phi) is 3.79. The Morgan fingerprint density at radius 1 is 0.619 bits per heavy atom. The number of nitrogens with zero attached hydrogens (tertiary/aromatic N) is 1. The van der Waals surface area contributed by atoms with Gasteiger partial charge in [0.15, 0.2) is 0 Å². The second-order valence-electron chi connectivity index (χ2n) is 4.68. The van der Waals surface area contributed by atoms with E-state index in [0.29, 0.717) is 5.69 Å². The highest BCUT2D eigenvalue weighted by molar-refractivity contribution is 6.14. The molecule has 3 rings (SSSR count). The van der Waals surface area contributed by atoms with Crippen LogP contribution in [0.2, 0.25) is 0 Å². The topological polar surface area (TPSA) is 32.6 Å². The average Bonchev–Trinajstić information content (AvgIpc) is 2.56. The summed E-state index contributed by atoms with van der Waals surface area (Å²) in [5, 5.41) is 9.95. The molecule has 2 nitrogen and oxygen atoms in total. The van der Waals surface area contributed by atoms with Gasteiger partial charge in [0.05, 0.1) is 5.71 Å². The Morgan fingerprint density at radius 3 is 1.62 bits per heavy atom. The van der Waals surface area contributed by atoms with Crippen LogP contribution in [-0.2, 0) is 0 Å². The van der Waals surface area contributed by atoms with Gasteiger partial charge in [0.2, 0.25) is 0 Å². The van der Waals surface area contributed by atoms with Crippen molar-refractivity contribution in [3.8, 4) is 5.75 Å². The van der Waals surface area contributed by atoms with E-state index in [9.17, 15) is 5.11 Å². The molecule has 1 N–H and O–H groups in total. The molecule has 2 heteroatoms. The first-order valence-corrected chi connectivity index (χ1v) is 6.82. The van der Waals surface area contributed by atoms with E-state index in [1.54, 1.807) is 18.2 Å². The van der Waals surface area contributed by atoms with Crippen molar-refractivity contribution in [2.75, 3.05) is 0 Å².